The average molecular weight is 506 g/mol. The van der Waals surface area contributed by atoms with Gasteiger partial charge in [0.1, 0.15) is 11.3 Å². The lowest BCUT2D eigenvalue weighted by Crippen LogP contribution is -2.31. The van der Waals surface area contributed by atoms with Crippen molar-refractivity contribution in [3.63, 3.8) is 0 Å². The Kier molecular flexibility index (Phi) is 6.10. The normalized spacial score (nSPS) is 14.8. The number of aromatic hydroxyl groups is 1. The van der Waals surface area contributed by atoms with Gasteiger partial charge in [0, 0.05) is 11.6 Å². The minimum Gasteiger partial charge on any atom is -0.508 e. The van der Waals surface area contributed by atoms with Crippen molar-refractivity contribution < 1.29 is 23.8 Å². The van der Waals surface area contributed by atoms with E-state index >= 15 is 0 Å². The van der Waals surface area contributed by atoms with Crippen LogP contribution >= 0.6 is 11.6 Å². The van der Waals surface area contributed by atoms with Gasteiger partial charge in [-0.15, -0.1) is 0 Å². The molecule has 1 amide bonds. The molecule has 0 saturated heterocycles. The van der Waals surface area contributed by atoms with Crippen molar-refractivity contribution >= 4 is 28.5 Å². The van der Waals surface area contributed by atoms with Crippen LogP contribution in [0.3, 0.4) is 0 Å². The third kappa shape index (κ3) is 3.95. The summed E-state index contributed by atoms with van der Waals surface area (Å²) in [7, 11) is 3.14. The van der Waals surface area contributed by atoms with Crippen LogP contribution in [-0.2, 0) is 6.42 Å². The SMILES string of the molecule is COc1ccc(CCN2C(=O)c3oc4cc(C)c(Cl)cc4c(=O)c3[C@H]2c2cccc(O)c2)cc1OC. The van der Waals surface area contributed by atoms with Gasteiger partial charge >= 0.3 is 0 Å². The van der Waals surface area contributed by atoms with E-state index in [9.17, 15) is 14.7 Å². The third-order valence-electron chi connectivity index (χ3n) is 6.52. The highest BCUT2D eigenvalue weighted by atomic mass is 35.5. The van der Waals surface area contributed by atoms with E-state index < -0.39 is 6.04 Å². The van der Waals surface area contributed by atoms with Crippen molar-refractivity contribution in [2.45, 2.75) is 19.4 Å². The summed E-state index contributed by atoms with van der Waals surface area (Å²) >= 11 is 6.30. The maximum absolute atomic E-state index is 13.7. The lowest BCUT2D eigenvalue weighted by molar-refractivity contribution is 0.0730. The van der Waals surface area contributed by atoms with Gasteiger partial charge in [-0.2, -0.15) is 0 Å². The molecule has 3 aromatic carbocycles. The first-order valence-electron chi connectivity index (χ1n) is 11.4. The zero-order chi connectivity index (χ0) is 25.6. The summed E-state index contributed by atoms with van der Waals surface area (Å²) in [5.41, 5.74) is 2.52. The molecular formula is C28H24ClNO6. The quantitative estimate of drug-likeness (QED) is 0.384. The number of benzene rings is 3. The van der Waals surface area contributed by atoms with Crippen LogP contribution in [0.15, 0.2) is 63.8 Å². The van der Waals surface area contributed by atoms with Crippen LogP contribution in [0.5, 0.6) is 17.2 Å². The number of phenols is 1. The van der Waals surface area contributed by atoms with E-state index in [4.69, 9.17) is 25.5 Å². The third-order valence-corrected chi connectivity index (χ3v) is 6.93. The van der Waals surface area contributed by atoms with E-state index in [0.717, 1.165) is 11.1 Å². The number of hydrogen-bond acceptors (Lipinski definition) is 6. The predicted molar refractivity (Wildman–Crippen MR) is 136 cm³/mol. The number of carbonyl (C=O) groups excluding carboxylic acids is 1. The molecule has 1 aliphatic rings. The van der Waals surface area contributed by atoms with Crippen LogP contribution in [0.1, 0.15) is 38.9 Å². The topological polar surface area (TPSA) is 89.2 Å². The Labute approximate surface area is 212 Å². The number of nitrogens with zero attached hydrogens (tertiary/aromatic N) is 1. The summed E-state index contributed by atoms with van der Waals surface area (Å²) in [4.78, 5) is 28.9. The molecule has 0 unspecified atom stereocenters. The molecule has 1 aliphatic heterocycles. The number of phenolic OH excluding ortho intramolecular Hbond substituents is 1. The Morgan fingerprint density at radius 1 is 1.03 bits per heavy atom. The van der Waals surface area contributed by atoms with E-state index in [2.05, 4.69) is 0 Å². The Bertz CT molecular complexity index is 1560. The lowest BCUT2D eigenvalue weighted by atomic mass is 9.97. The van der Waals surface area contributed by atoms with E-state index in [0.29, 0.717) is 46.0 Å². The fourth-order valence-corrected chi connectivity index (χ4v) is 4.86. The Morgan fingerprint density at radius 3 is 2.53 bits per heavy atom. The summed E-state index contributed by atoms with van der Waals surface area (Å²) in [5.74, 6) is 0.863. The van der Waals surface area contributed by atoms with E-state index in [1.807, 2.05) is 25.1 Å². The largest absolute Gasteiger partial charge is 0.508 e. The number of methoxy groups -OCH3 is 2. The zero-order valence-electron chi connectivity index (χ0n) is 20.0. The van der Waals surface area contributed by atoms with Gasteiger partial charge in [-0.1, -0.05) is 29.8 Å². The van der Waals surface area contributed by atoms with Crippen molar-refractivity contribution in [2.24, 2.45) is 0 Å². The molecule has 0 spiro atoms. The zero-order valence-corrected chi connectivity index (χ0v) is 20.8. The molecule has 1 N–H and O–H groups in total. The van der Waals surface area contributed by atoms with Crippen LogP contribution in [0.2, 0.25) is 5.02 Å². The monoisotopic (exact) mass is 505 g/mol. The van der Waals surface area contributed by atoms with Crippen LogP contribution in [0, 0.1) is 6.92 Å². The summed E-state index contributed by atoms with van der Waals surface area (Å²) in [6, 6.07) is 14.7. The van der Waals surface area contributed by atoms with Gasteiger partial charge in [-0.3, -0.25) is 9.59 Å². The number of amides is 1. The van der Waals surface area contributed by atoms with Crippen LogP contribution in [0.25, 0.3) is 11.0 Å². The number of hydrogen-bond donors (Lipinski definition) is 1. The second-order valence-corrected chi connectivity index (χ2v) is 9.11. The lowest BCUT2D eigenvalue weighted by Gasteiger charge is -2.25. The van der Waals surface area contributed by atoms with Crippen LogP contribution in [0.4, 0.5) is 0 Å². The smallest absolute Gasteiger partial charge is 0.290 e. The van der Waals surface area contributed by atoms with Gasteiger partial charge in [0.15, 0.2) is 16.9 Å². The minimum atomic E-state index is -0.722. The Hall–Kier alpha value is -3.97. The summed E-state index contributed by atoms with van der Waals surface area (Å²) < 4.78 is 16.7. The molecule has 0 bridgehead atoms. The first kappa shape index (κ1) is 23.8. The highest BCUT2D eigenvalue weighted by molar-refractivity contribution is 6.32. The number of aryl methyl sites for hydroxylation is 1. The number of carbonyl (C=O) groups is 1. The van der Waals surface area contributed by atoms with Gasteiger partial charge in [0.2, 0.25) is 5.76 Å². The standard InChI is InChI=1S/C28H24ClNO6/c1-15-11-22-19(14-20(15)29)26(32)24-25(17-5-4-6-18(31)13-17)30(28(33)27(24)36-22)10-9-16-7-8-21(34-2)23(12-16)35-3/h4-8,11-14,25,31H,9-10H2,1-3H3/t25-/m1/s1. The average Bonchev–Trinajstić information content (AvgIpc) is 3.15. The Morgan fingerprint density at radius 2 is 1.81 bits per heavy atom. The van der Waals surface area contributed by atoms with E-state index in [-0.39, 0.29) is 28.4 Å². The van der Waals surface area contributed by atoms with Crippen molar-refractivity contribution in [2.75, 3.05) is 20.8 Å². The fraction of sp³-hybridized carbons (Fsp3) is 0.214. The maximum Gasteiger partial charge on any atom is 0.290 e. The molecule has 0 saturated carbocycles. The highest BCUT2D eigenvalue weighted by Crippen LogP contribution is 2.39. The summed E-state index contributed by atoms with van der Waals surface area (Å²) in [5, 5.41) is 10.9. The number of rotatable bonds is 6. The molecule has 7 nitrogen and oxygen atoms in total. The van der Waals surface area contributed by atoms with E-state index in [1.54, 1.807) is 55.5 Å². The van der Waals surface area contributed by atoms with Gasteiger partial charge in [-0.05, 0) is 66.4 Å². The second-order valence-electron chi connectivity index (χ2n) is 8.71. The summed E-state index contributed by atoms with van der Waals surface area (Å²) in [6.07, 6.45) is 0.494. The highest BCUT2D eigenvalue weighted by Gasteiger charge is 2.42. The van der Waals surface area contributed by atoms with Crippen molar-refractivity contribution in [3.05, 3.63) is 97.9 Å². The second kappa shape index (κ2) is 9.24. The predicted octanol–water partition coefficient (Wildman–Crippen LogP) is 5.27. The molecule has 2 heterocycles. The summed E-state index contributed by atoms with van der Waals surface area (Å²) in [6.45, 7) is 2.11. The fourth-order valence-electron chi connectivity index (χ4n) is 4.70. The van der Waals surface area contributed by atoms with Crippen molar-refractivity contribution in [1.29, 1.82) is 0 Å². The van der Waals surface area contributed by atoms with Crippen LogP contribution < -0.4 is 14.9 Å². The first-order chi connectivity index (χ1) is 17.3. The number of fused-ring (bicyclic) bond motifs is 2. The number of halogens is 1. The molecule has 5 rings (SSSR count). The van der Waals surface area contributed by atoms with Gasteiger partial charge in [0.05, 0.1) is 31.2 Å². The maximum atomic E-state index is 13.7. The Balaban J connectivity index is 1.61. The molecule has 184 valence electrons. The van der Waals surface area contributed by atoms with Crippen LogP contribution in [-0.4, -0.2) is 36.7 Å². The molecule has 0 aliphatic carbocycles. The number of ether oxygens (including phenoxy) is 2. The van der Waals surface area contributed by atoms with Crippen molar-refractivity contribution in [1.82, 2.24) is 4.90 Å². The van der Waals surface area contributed by atoms with Gasteiger partial charge in [0.25, 0.3) is 5.91 Å². The molecule has 1 aromatic heterocycles. The molecule has 1 atom stereocenters. The van der Waals surface area contributed by atoms with Crippen molar-refractivity contribution in [3.8, 4) is 17.2 Å². The molecule has 0 radical (unpaired) electrons. The molecule has 8 heteroatoms. The molecular weight excluding hydrogens is 482 g/mol. The van der Waals surface area contributed by atoms with Gasteiger partial charge in [-0.25, -0.2) is 0 Å². The molecule has 0 fully saturated rings. The minimum absolute atomic E-state index is 0.00915. The molecule has 36 heavy (non-hydrogen) atoms. The first-order valence-corrected chi connectivity index (χ1v) is 11.8. The van der Waals surface area contributed by atoms with Gasteiger partial charge < -0.3 is 23.9 Å². The van der Waals surface area contributed by atoms with E-state index in [1.165, 1.54) is 0 Å². The molecule has 4 aromatic rings.